The molecule has 0 bridgehead atoms. The third-order valence-corrected chi connectivity index (χ3v) is 3.96. The van der Waals surface area contributed by atoms with E-state index in [1.165, 1.54) is 18.2 Å². The first-order valence-corrected chi connectivity index (χ1v) is 7.28. The molecule has 0 aromatic carbocycles. The van der Waals surface area contributed by atoms with Crippen LogP contribution in [0.5, 0.6) is 0 Å². The lowest BCUT2D eigenvalue weighted by Crippen LogP contribution is -2.38. The molecule has 0 atom stereocenters. The van der Waals surface area contributed by atoms with E-state index in [4.69, 9.17) is 4.42 Å². The van der Waals surface area contributed by atoms with E-state index < -0.39 is 0 Å². The number of furan rings is 1. The number of carbonyl (C=O) groups is 1. The number of rotatable bonds is 4. The molecule has 0 unspecified atom stereocenters. The third-order valence-electron chi connectivity index (χ3n) is 3.96. The van der Waals surface area contributed by atoms with Gasteiger partial charge in [0, 0.05) is 25.8 Å². The van der Waals surface area contributed by atoms with Gasteiger partial charge in [0.25, 0.3) is 5.91 Å². The van der Waals surface area contributed by atoms with E-state index in [1.54, 1.807) is 12.3 Å². The van der Waals surface area contributed by atoms with Crippen LogP contribution >= 0.6 is 0 Å². The predicted octanol–water partition coefficient (Wildman–Crippen LogP) is 2.32. The van der Waals surface area contributed by atoms with Gasteiger partial charge in [-0.3, -0.25) is 9.78 Å². The Labute approximate surface area is 124 Å². The fraction of sp³-hybridized carbons (Fsp3) is 0.375. The number of nitrogens with one attached hydrogen (secondary N) is 1. The van der Waals surface area contributed by atoms with Crippen LogP contribution in [0.2, 0.25) is 0 Å². The number of aromatic nitrogens is 1. The Bertz CT molecular complexity index is 560. The molecule has 21 heavy (non-hydrogen) atoms. The van der Waals surface area contributed by atoms with Crippen LogP contribution in [-0.2, 0) is 0 Å². The van der Waals surface area contributed by atoms with Crippen molar-refractivity contribution in [2.75, 3.05) is 24.5 Å². The van der Waals surface area contributed by atoms with E-state index in [9.17, 15) is 4.79 Å². The average Bonchev–Trinajstić information content (AvgIpc) is 3.08. The van der Waals surface area contributed by atoms with Crippen molar-refractivity contribution in [3.63, 3.8) is 0 Å². The zero-order valence-electron chi connectivity index (χ0n) is 11.9. The molecule has 3 rings (SSSR count). The van der Waals surface area contributed by atoms with Gasteiger partial charge in [0.15, 0.2) is 0 Å². The van der Waals surface area contributed by atoms with Gasteiger partial charge < -0.3 is 14.6 Å². The molecule has 1 aliphatic heterocycles. The molecular weight excluding hydrogens is 266 g/mol. The SMILES string of the molecule is O=C(NCC1CCN(c2cccnc2)CC1)c1ccoc1. The van der Waals surface area contributed by atoms with Gasteiger partial charge in [0.1, 0.15) is 6.26 Å². The van der Waals surface area contributed by atoms with Crippen LogP contribution in [0.15, 0.2) is 47.5 Å². The molecule has 3 heterocycles. The van der Waals surface area contributed by atoms with Crippen LogP contribution in [0.3, 0.4) is 0 Å². The van der Waals surface area contributed by atoms with Gasteiger partial charge in [-0.1, -0.05) is 0 Å². The number of pyridine rings is 1. The van der Waals surface area contributed by atoms with E-state index in [1.807, 2.05) is 12.3 Å². The van der Waals surface area contributed by atoms with Crippen LogP contribution in [0.4, 0.5) is 5.69 Å². The standard InChI is InChI=1S/C16H19N3O2/c20-16(14-5-9-21-12-14)18-10-13-3-7-19(8-4-13)15-2-1-6-17-11-15/h1-2,5-6,9,11-13H,3-4,7-8,10H2,(H,18,20). The summed E-state index contributed by atoms with van der Waals surface area (Å²) >= 11 is 0. The Morgan fingerprint density at radius 2 is 2.24 bits per heavy atom. The molecule has 1 aliphatic rings. The maximum atomic E-state index is 11.8. The number of piperidine rings is 1. The second-order valence-electron chi connectivity index (χ2n) is 5.36. The fourth-order valence-corrected chi connectivity index (χ4v) is 2.67. The molecule has 5 nitrogen and oxygen atoms in total. The van der Waals surface area contributed by atoms with Crippen LogP contribution in [0.1, 0.15) is 23.2 Å². The zero-order valence-corrected chi connectivity index (χ0v) is 11.9. The van der Waals surface area contributed by atoms with Gasteiger partial charge in [-0.05, 0) is 37.0 Å². The monoisotopic (exact) mass is 285 g/mol. The second kappa shape index (κ2) is 6.43. The highest BCUT2D eigenvalue weighted by Gasteiger charge is 2.20. The minimum atomic E-state index is -0.0570. The Hall–Kier alpha value is -2.30. The Morgan fingerprint density at radius 3 is 2.90 bits per heavy atom. The summed E-state index contributed by atoms with van der Waals surface area (Å²) in [6, 6.07) is 5.74. The summed E-state index contributed by atoms with van der Waals surface area (Å²) in [4.78, 5) is 18.4. The lowest BCUT2D eigenvalue weighted by atomic mass is 9.96. The molecule has 0 spiro atoms. The van der Waals surface area contributed by atoms with E-state index in [0.717, 1.165) is 32.5 Å². The molecule has 1 N–H and O–H groups in total. The summed E-state index contributed by atoms with van der Waals surface area (Å²) < 4.78 is 4.92. The molecule has 0 radical (unpaired) electrons. The van der Waals surface area contributed by atoms with Gasteiger partial charge in [-0.2, -0.15) is 0 Å². The number of hydrogen-bond donors (Lipinski definition) is 1. The highest BCUT2D eigenvalue weighted by Crippen LogP contribution is 2.22. The van der Waals surface area contributed by atoms with Crippen LogP contribution in [-0.4, -0.2) is 30.5 Å². The van der Waals surface area contributed by atoms with Crippen molar-refractivity contribution < 1.29 is 9.21 Å². The fourth-order valence-electron chi connectivity index (χ4n) is 2.67. The maximum Gasteiger partial charge on any atom is 0.254 e. The lowest BCUT2D eigenvalue weighted by Gasteiger charge is -2.33. The highest BCUT2D eigenvalue weighted by molar-refractivity contribution is 5.93. The normalized spacial score (nSPS) is 15.9. The highest BCUT2D eigenvalue weighted by atomic mass is 16.3. The summed E-state index contributed by atoms with van der Waals surface area (Å²) in [6.45, 7) is 2.75. The molecule has 2 aromatic heterocycles. The molecule has 1 saturated heterocycles. The van der Waals surface area contributed by atoms with Crippen LogP contribution < -0.4 is 10.2 Å². The summed E-state index contributed by atoms with van der Waals surface area (Å²) in [7, 11) is 0. The van der Waals surface area contributed by atoms with Crippen LogP contribution in [0, 0.1) is 5.92 Å². The van der Waals surface area contributed by atoms with E-state index in [-0.39, 0.29) is 5.91 Å². The first-order chi connectivity index (χ1) is 10.3. The van der Waals surface area contributed by atoms with Crippen molar-refractivity contribution in [3.05, 3.63) is 48.7 Å². The molecule has 5 heteroatoms. The van der Waals surface area contributed by atoms with E-state index >= 15 is 0 Å². The maximum absolute atomic E-state index is 11.8. The van der Waals surface area contributed by atoms with Crippen LogP contribution in [0.25, 0.3) is 0 Å². The zero-order chi connectivity index (χ0) is 14.5. The summed E-state index contributed by atoms with van der Waals surface area (Å²) in [5.41, 5.74) is 1.76. The first-order valence-electron chi connectivity index (χ1n) is 7.28. The number of carbonyl (C=O) groups excluding carboxylic acids is 1. The van der Waals surface area contributed by atoms with Crippen molar-refractivity contribution in [2.45, 2.75) is 12.8 Å². The van der Waals surface area contributed by atoms with E-state index in [2.05, 4.69) is 21.3 Å². The molecule has 0 saturated carbocycles. The molecule has 0 aliphatic carbocycles. The smallest absolute Gasteiger partial charge is 0.254 e. The topological polar surface area (TPSA) is 58.4 Å². The summed E-state index contributed by atoms with van der Waals surface area (Å²) in [5, 5.41) is 2.98. The minimum Gasteiger partial charge on any atom is -0.472 e. The first kappa shape index (κ1) is 13.7. The van der Waals surface area contributed by atoms with Gasteiger partial charge in [0.05, 0.1) is 23.7 Å². The van der Waals surface area contributed by atoms with Crippen molar-refractivity contribution in [3.8, 4) is 0 Å². The summed E-state index contributed by atoms with van der Waals surface area (Å²) in [5.74, 6) is 0.479. The average molecular weight is 285 g/mol. The number of hydrogen-bond acceptors (Lipinski definition) is 4. The third kappa shape index (κ3) is 3.42. The number of amides is 1. The predicted molar refractivity (Wildman–Crippen MR) is 80.2 cm³/mol. The van der Waals surface area contributed by atoms with Gasteiger partial charge >= 0.3 is 0 Å². The van der Waals surface area contributed by atoms with Crippen molar-refractivity contribution in [1.82, 2.24) is 10.3 Å². The van der Waals surface area contributed by atoms with Gasteiger partial charge in [-0.25, -0.2) is 0 Å². The number of nitrogens with zero attached hydrogens (tertiary/aromatic N) is 2. The van der Waals surface area contributed by atoms with Gasteiger partial charge in [0.2, 0.25) is 0 Å². The van der Waals surface area contributed by atoms with Crippen molar-refractivity contribution in [1.29, 1.82) is 0 Å². The van der Waals surface area contributed by atoms with Crippen molar-refractivity contribution in [2.24, 2.45) is 5.92 Å². The summed E-state index contributed by atoms with van der Waals surface area (Å²) in [6.07, 6.45) is 8.85. The largest absolute Gasteiger partial charge is 0.472 e. The Kier molecular flexibility index (Phi) is 4.19. The Morgan fingerprint density at radius 1 is 1.38 bits per heavy atom. The second-order valence-corrected chi connectivity index (χ2v) is 5.36. The van der Waals surface area contributed by atoms with E-state index in [0.29, 0.717) is 11.5 Å². The molecule has 1 amide bonds. The number of anilines is 1. The molecular formula is C16H19N3O2. The molecule has 1 fully saturated rings. The Balaban J connectivity index is 1.45. The molecule has 2 aromatic rings. The molecule has 110 valence electrons. The lowest BCUT2D eigenvalue weighted by molar-refractivity contribution is 0.0944. The minimum absolute atomic E-state index is 0.0570. The van der Waals surface area contributed by atoms with Crippen molar-refractivity contribution >= 4 is 11.6 Å². The quantitative estimate of drug-likeness (QED) is 0.936. The van der Waals surface area contributed by atoms with Gasteiger partial charge in [-0.15, -0.1) is 0 Å².